The number of β-amino-alcohol motifs (C(OH)–C–C–N with tert-alkyl or cyclic N) is 2. The van der Waals surface area contributed by atoms with Gasteiger partial charge in [-0.15, -0.1) is 0 Å². The Morgan fingerprint density at radius 3 is 2.26 bits per heavy atom. The second-order valence-electron chi connectivity index (χ2n) is 8.74. The Labute approximate surface area is 199 Å². The van der Waals surface area contributed by atoms with Crippen LogP contribution in [0.4, 0.5) is 0 Å². The Hall–Kier alpha value is -3.01. The van der Waals surface area contributed by atoms with Gasteiger partial charge >= 0.3 is 5.97 Å². The average Bonchev–Trinajstić information content (AvgIpc) is 3.15. The third kappa shape index (κ3) is 5.91. The summed E-state index contributed by atoms with van der Waals surface area (Å²) >= 11 is 0. The summed E-state index contributed by atoms with van der Waals surface area (Å²) in [6, 6.07) is 15.9. The molecular formula is C25H29NO7S. The normalized spacial score (nSPS) is 18.9. The van der Waals surface area contributed by atoms with Gasteiger partial charge in [-0.3, -0.25) is 4.79 Å². The third-order valence-corrected chi connectivity index (χ3v) is 8.28. The second kappa shape index (κ2) is 10.5. The Balaban J connectivity index is 1.71. The van der Waals surface area contributed by atoms with Crippen LogP contribution in [0.25, 0.3) is 6.08 Å². The number of amides is 1. The minimum absolute atomic E-state index is 0.121. The van der Waals surface area contributed by atoms with Crippen LogP contribution in [-0.2, 0) is 36.5 Å². The Morgan fingerprint density at radius 2 is 1.62 bits per heavy atom. The number of benzene rings is 2. The Morgan fingerprint density at radius 1 is 1.03 bits per heavy atom. The SMILES string of the molecule is CC(C)(C(=O)N1CC(O)C(O)C1)S(=O)(=O)Cc1ccccc1/C=C/C(=O)OCc1ccccc1. The number of ether oxygens (including phenoxy) is 1. The number of nitrogens with zero attached hydrogens (tertiary/aromatic N) is 1. The van der Waals surface area contributed by atoms with Gasteiger partial charge in [-0.1, -0.05) is 54.6 Å². The van der Waals surface area contributed by atoms with Gasteiger partial charge < -0.3 is 19.8 Å². The summed E-state index contributed by atoms with van der Waals surface area (Å²) in [5.41, 5.74) is 1.79. The molecule has 34 heavy (non-hydrogen) atoms. The van der Waals surface area contributed by atoms with E-state index in [0.29, 0.717) is 11.1 Å². The summed E-state index contributed by atoms with van der Waals surface area (Å²) in [5, 5.41) is 19.5. The lowest BCUT2D eigenvalue weighted by atomic mass is 10.1. The number of hydrogen-bond donors (Lipinski definition) is 2. The van der Waals surface area contributed by atoms with Crippen LogP contribution in [0.3, 0.4) is 0 Å². The van der Waals surface area contributed by atoms with Crippen LogP contribution < -0.4 is 0 Å². The quantitative estimate of drug-likeness (QED) is 0.429. The molecule has 1 aliphatic rings. The number of sulfone groups is 1. The lowest BCUT2D eigenvalue weighted by Gasteiger charge is -2.29. The first-order valence-electron chi connectivity index (χ1n) is 10.9. The van der Waals surface area contributed by atoms with Crippen molar-refractivity contribution in [3.63, 3.8) is 0 Å². The first-order chi connectivity index (χ1) is 16.0. The van der Waals surface area contributed by atoms with Crippen LogP contribution in [0, 0.1) is 0 Å². The van der Waals surface area contributed by atoms with E-state index in [1.54, 1.807) is 24.3 Å². The van der Waals surface area contributed by atoms with Gasteiger partial charge in [0.25, 0.3) is 0 Å². The van der Waals surface area contributed by atoms with Gasteiger partial charge in [0.2, 0.25) is 5.91 Å². The van der Waals surface area contributed by atoms with E-state index >= 15 is 0 Å². The molecule has 2 N–H and O–H groups in total. The first-order valence-corrected chi connectivity index (χ1v) is 12.5. The highest BCUT2D eigenvalue weighted by Gasteiger charge is 2.47. The van der Waals surface area contributed by atoms with E-state index in [4.69, 9.17) is 4.74 Å². The van der Waals surface area contributed by atoms with Gasteiger partial charge in [-0.25, -0.2) is 13.2 Å². The van der Waals surface area contributed by atoms with Crippen LogP contribution in [0.5, 0.6) is 0 Å². The lowest BCUT2D eigenvalue weighted by Crippen LogP contribution is -2.50. The molecular weight excluding hydrogens is 458 g/mol. The monoisotopic (exact) mass is 487 g/mol. The number of aliphatic hydroxyl groups is 2. The molecule has 2 unspecified atom stereocenters. The van der Waals surface area contributed by atoms with Crippen molar-refractivity contribution in [1.82, 2.24) is 4.90 Å². The molecule has 1 heterocycles. The fourth-order valence-corrected chi connectivity index (χ4v) is 5.03. The summed E-state index contributed by atoms with van der Waals surface area (Å²) in [4.78, 5) is 26.2. The van der Waals surface area contributed by atoms with Crippen molar-refractivity contribution >= 4 is 27.8 Å². The average molecular weight is 488 g/mol. The van der Waals surface area contributed by atoms with Crippen molar-refractivity contribution < 1.29 is 33.0 Å². The van der Waals surface area contributed by atoms with Crippen LogP contribution in [0.2, 0.25) is 0 Å². The van der Waals surface area contributed by atoms with Crippen molar-refractivity contribution in [3.8, 4) is 0 Å². The minimum atomic E-state index is -4.00. The molecule has 1 saturated heterocycles. The summed E-state index contributed by atoms with van der Waals surface area (Å²) in [7, 11) is -4.00. The van der Waals surface area contributed by atoms with E-state index < -0.39 is 44.4 Å². The summed E-state index contributed by atoms with van der Waals surface area (Å²) in [6.45, 7) is 2.52. The third-order valence-electron chi connectivity index (χ3n) is 5.86. The van der Waals surface area contributed by atoms with Gasteiger partial charge in [0.05, 0.1) is 18.0 Å². The Bertz CT molecular complexity index is 1150. The molecule has 8 nitrogen and oxygen atoms in total. The van der Waals surface area contributed by atoms with E-state index in [2.05, 4.69) is 0 Å². The summed E-state index contributed by atoms with van der Waals surface area (Å²) < 4.78 is 29.9. The molecule has 0 aliphatic carbocycles. The second-order valence-corrected chi connectivity index (χ2v) is 11.3. The number of esters is 1. The van der Waals surface area contributed by atoms with Gasteiger partial charge in [0.1, 0.15) is 11.4 Å². The van der Waals surface area contributed by atoms with E-state index in [9.17, 15) is 28.2 Å². The molecule has 2 aromatic rings. The maximum atomic E-state index is 13.2. The molecule has 3 rings (SSSR count). The molecule has 0 radical (unpaired) electrons. The van der Waals surface area contributed by atoms with Gasteiger partial charge in [0.15, 0.2) is 9.84 Å². The first kappa shape index (κ1) is 25.6. The zero-order valence-corrected chi connectivity index (χ0v) is 19.9. The van der Waals surface area contributed by atoms with Gasteiger partial charge in [0, 0.05) is 19.2 Å². The van der Waals surface area contributed by atoms with Crippen molar-refractivity contribution in [1.29, 1.82) is 0 Å². The predicted octanol–water partition coefficient (Wildman–Crippen LogP) is 1.70. The van der Waals surface area contributed by atoms with Crippen molar-refractivity contribution in [2.45, 2.75) is 43.2 Å². The van der Waals surface area contributed by atoms with E-state index in [1.807, 2.05) is 30.3 Å². The molecule has 1 aliphatic heterocycles. The van der Waals surface area contributed by atoms with Crippen LogP contribution in [0.15, 0.2) is 60.7 Å². The highest BCUT2D eigenvalue weighted by molar-refractivity contribution is 7.92. The molecule has 9 heteroatoms. The minimum Gasteiger partial charge on any atom is -0.458 e. The number of aliphatic hydroxyl groups excluding tert-OH is 2. The maximum Gasteiger partial charge on any atom is 0.331 e. The van der Waals surface area contributed by atoms with E-state index in [-0.39, 0.29) is 19.7 Å². The molecule has 2 aromatic carbocycles. The van der Waals surface area contributed by atoms with Gasteiger partial charge in [-0.05, 0) is 36.6 Å². The largest absolute Gasteiger partial charge is 0.458 e. The maximum absolute atomic E-state index is 13.2. The molecule has 1 amide bonds. The molecule has 0 spiro atoms. The number of rotatable bonds is 8. The lowest BCUT2D eigenvalue weighted by molar-refractivity contribution is -0.139. The van der Waals surface area contributed by atoms with E-state index in [0.717, 1.165) is 5.56 Å². The zero-order chi connectivity index (χ0) is 24.9. The number of carbonyl (C=O) groups is 2. The molecule has 0 bridgehead atoms. The fourth-order valence-electron chi connectivity index (χ4n) is 3.60. The van der Waals surface area contributed by atoms with Crippen molar-refractivity contribution in [2.75, 3.05) is 13.1 Å². The van der Waals surface area contributed by atoms with Crippen molar-refractivity contribution in [2.24, 2.45) is 0 Å². The van der Waals surface area contributed by atoms with Crippen LogP contribution in [0.1, 0.15) is 30.5 Å². The molecule has 1 fully saturated rings. The smallest absolute Gasteiger partial charge is 0.331 e. The highest BCUT2D eigenvalue weighted by Crippen LogP contribution is 2.27. The van der Waals surface area contributed by atoms with Crippen LogP contribution in [-0.4, -0.2) is 65.5 Å². The zero-order valence-electron chi connectivity index (χ0n) is 19.1. The number of likely N-dealkylation sites (tertiary alicyclic amines) is 1. The predicted molar refractivity (Wildman–Crippen MR) is 127 cm³/mol. The number of hydrogen-bond acceptors (Lipinski definition) is 7. The topological polar surface area (TPSA) is 121 Å². The summed E-state index contributed by atoms with van der Waals surface area (Å²) in [5.74, 6) is -1.67. The molecule has 0 aromatic heterocycles. The Kier molecular flexibility index (Phi) is 7.91. The fraction of sp³-hybridized carbons (Fsp3) is 0.360. The van der Waals surface area contributed by atoms with E-state index in [1.165, 1.54) is 30.9 Å². The van der Waals surface area contributed by atoms with Crippen molar-refractivity contribution in [3.05, 3.63) is 77.4 Å². The molecule has 182 valence electrons. The van der Waals surface area contributed by atoms with Crippen LogP contribution >= 0.6 is 0 Å². The standard InChI is InChI=1S/C25H29NO7S/c1-25(2,24(30)26-14-21(27)22(28)15-26)34(31,32)17-20-11-7-6-10-19(20)12-13-23(29)33-16-18-8-4-3-5-9-18/h3-13,21-22,27-28H,14-17H2,1-2H3/b13-12+. The summed E-state index contributed by atoms with van der Waals surface area (Å²) in [6.07, 6.45) is 0.516. The molecule has 0 saturated carbocycles. The highest BCUT2D eigenvalue weighted by atomic mass is 32.2. The van der Waals surface area contributed by atoms with Gasteiger partial charge in [-0.2, -0.15) is 0 Å². The molecule has 2 atom stereocenters. The number of carbonyl (C=O) groups excluding carboxylic acids is 2.